The summed E-state index contributed by atoms with van der Waals surface area (Å²) in [4.78, 5) is 0. The minimum absolute atomic E-state index is 0. The summed E-state index contributed by atoms with van der Waals surface area (Å²) >= 11 is -0.472. The Labute approximate surface area is 121 Å². The molecule has 17 heavy (non-hydrogen) atoms. The zero-order valence-electron chi connectivity index (χ0n) is 9.88. The molecule has 0 radical (unpaired) electrons. The van der Waals surface area contributed by atoms with Crippen molar-refractivity contribution in [3.8, 4) is 0 Å². The van der Waals surface area contributed by atoms with Gasteiger partial charge < -0.3 is 22.4 Å². The van der Waals surface area contributed by atoms with Crippen LogP contribution in [0, 0.1) is 0 Å². The molecule has 0 heterocycles. The van der Waals surface area contributed by atoms with E-state index in [0.717, 1.165) is 25.7 Å². The van der Waals surface area contributed by atoms with Crippen LogP contribution in [0.4, 0.5) is 0 Å². The van der Waals surface area contributed by atoms with Crippen LogP contribution in [0.25, 0.3) is 11.5 Å². The first-order valence-electron chi connectivity index (χ1n) is 5.45. The summed E-state index contributed by atoms with van der Waals surface area (Å²) < 4.78 is 0. The van der Waals surface area contributed by atoms with Gasteiger partial charge in [0.1, 0.15) is 0 Å². The van der Waals surface area contributed by atoms with Crippen LogP contribution in [-0.4, -0.2) is 23.0 Å². The summed E-state index contributed by atoms with van der Waals surface area (Å²) in [6.45, 7) is 0. The molecule has 2 aliphatic rings. The number of nitrogens with one attached hydrogen (secondary N) is 2. The minimum Gasteiger partial charge on any atom is -0.675 e. The molecule has 0 atom stereocenters. The molecular weight excluding hydrogens is 446 g/mol. The number of hydrogen-bond acceptors (Lipinski definition) is 0. The molecule has 0 aromatic carbocycles. The molecule has 2 fully saturated rings. The molecule has 0 amide bonds. The maximum Gasteiger partial charge on any atom is -0.0547 e. The Morgan fingerprint density at radius 3 is 0.941 bits per heavy atom. The van der Waals surface area contributed by atoms with Gasteiger partial charge in [-0.1, -0.05) is 51.4 Å². The SMILES string of the molecule is O.O.[Cl][Pt+2][Cl].[NH-]C1CCCC1.[NH-]C1CCCC1. The largest absolute Gasteiger partial charge is 0.675 e. The number of halogens is 2. The molecule has 0 unspecified atom stereocenters. The van der Waals surface area contributed by atoms with Gasteiger partial charge in [0.15, 0.2) is 0 Å². The fourth-order valence-corrected chi connectivity index (χ4v) is 1.85. The van der Waals surface area contributed by atoms with E-state index in [9.17, 15) is 0 Å². The summed E-state index contributed by atoms with van der Waals surface area (Å²) in [6, 6.07) is 0.593. The van der Waals surface area contributed by atoms with E-state index in [-0.39, 0.29) is 11.0 Å². The first kappa shape index (κ1) is 23.2. The molecule has 7 heteroatoms. The predicted octanol–water partition coefficient (Wildman–Crippen LogP) is 3.69. The third-order valence-corrected chi connectivity index (χ3v) is 2.71. The molecular formula is C10H24Cl2N2O2Pt. The van der Waals surface area contributed by atoms with Crippen molar-refractivity contribution in [2.45, 2.75) is 63.5 Å². The van der Waals surface area contributed by atoms with Crippen molar-refractivity contribution < 1.29 is 27.4 Å². The maximum atomic E-state index is 7.13. The Kier molecular flexibility index (Phi) is 23.4. The number of rotatable bonds is 0. The summed E-state index contributed by atoms with van der Waals surface area (Å²) in [5.41, 5.74) is 14.3. The minimum atomic E-state index is -0.472. The van der Waals surface area contributed by atoms with Crippen LogP contribution in [0.1, 0.15) is 51.4 Å². The molecule has 110 valence electrons. The number of hydrogen-bond donors (Lipinski definition) is 0. The van der Waals surface area contributed by atoms with E-state index in [2.05, 4.69) is 0 Å². The van der Waals surface area contributed by atoms with Crippen LogP contribution < -0.4 is 0 Å². The fourth-order valence-electron chi connectivity index (χ4n) is 1.85. The molecule has 2 aliphatic carbocycles. The maximum absolute atomic E-state index is 7.13. The molecule has 4 nitrogen and oxygen atoms in total. The molecule has 0 aliphatic heterocycles. The van der Waals surface area contributed by atoms with Crippen molar-refractivity contribution in [3.05, 3.63) is 11.5 Å². The normalized spacial score (nSPS) is 19.3. The van der Waals surface area contributed by atoms with Gasteiger partial charge in [0.25, 0.3) is 0 Å². The van der Waals surface area contributed by atoms with Crippen molar-refractivity contribution in [3.63, 3.8) is 0 Å². The van der Waals surface area contributed by atoms with Gasteiger partial charge >= 0.3 is 35.3 Å². The van der Waals surface area contributed by atoms with Crippen LogP contribution in [0.2, 0.25) is 0 Å². The summed E-state index contributed by atoms with van der Waals surface area (Å²) in [5, 5.41) is 0. The van der Waals surface area contributed by atoms with E-state index in [1.807, 2.05) is 0 Å². The summed E-state index contributed by atoms with van der Waals surface area (Å²) in [7, 11) is 9.75. The van der Waals surface area contributed by atoms with E-state index < -0.39 is 16.5 Å². The van der Waals surface area contributed by atoms with Crippen molar-refractivity contribution in [2.75, 3.05) is 0 Å². The second-order valence-corrected chi connectivity index (χ2v) is 7.29. The molecule has 0 saturated heterocycles. The predicted molar refractivity (Wildman–Crippen MR) is 72.1 cm³/mol. The van der Waals surface area contributed by atoms with Gasteiger partial charge in [-0.2, -0.15) is 0 Å². The molecule has 0 bridgehead atoms. The van der Waals surface area contributed by atoms with E-state index in [0.29, 0.717) is 12.1 Å². The van der Waals surface area contributed by atoms with Gasteiger partial charge in [0.05, 0.1) is 0 Å². The quantitative estimate of drug-likeness (QED) is 0.515. The average molecular weight is 470 g/mol. The third kappa shape index (κ3) is 17.1. The Hall–Kier alpha value is 1.11. The molecule has 2 saturated carbocycles. The van der Waals surface area contributed by atoms with Crippen molar-refractivity contribution in [2.24, 2.45) is 0 Å². The fraction of sp³-hybridized carbons (Fsp3) is 1.00. The van der Waals surface area contributed by atoms with Gasteiger partial charge in [-0.3, -0.25) is 0 Å². The Bertz CT molecular complexity index is 121. The second-order valence-electron chi connectivity index (χ2n) is 4.01. The zero-order valence-corrected chi connectivity index (χ0v) is 13.7. The van der Waals surface area contributed by atoms with Gasteiger partial charge in [0.2, 0.25) is 0 Å². The Balaban J connectivity index is -0.000000173. The van der Waals surface area contributed by atoms with Crippen molar-refractivity contribution in [1.29, 1.82) is 0 Å². The van der Waals surface area contributed by atoms with Crippen LogP contribution in [-0.2, 0) is 16.5 Å². The van der Waals surface area contributed by atoms with Gasteiger partial charge in [-0.15, -0.1) is 12.1 Å². The smallest absolute Gasteiger partial charge is 0.0547 e. The van der Waals surface area contributed by atoms with Gasteiger partial charge in [0, 0.05) is 0 Å². The Morgan fingerprint density at radius 1 is 0.706 bits per heavy atom. The van der Waals surface area contributed by atoms with Gasteiger partial charge in [-0.25, -0.2) is 0 Å². The molecule has 0 aromatic rings. The monoisotopic (exact) mass is 469 g/mol. The van der Waals surface area contributed by atoms with Crippen LogP contribution in [0.3, 0.4) is 0 Å². The van der Waals surface area contributed by atoms with E-state index >= 15 is 0 Å². The Morgan fingerprint density at radius 2 is 0.882 bits per heavy atom. The molecule has 0 spiro atoms. The second kappa shape index (κ2) is 17.1. The van der Waals surface area contributed by atoms with Crippen molar-refractivity contribution >= 4 is 18.8 Å². The van der Waals surface area contributed by atoms with E-state index in [1.54, 1.807) is 0 Å². The van der Waals surface area contributed by atoms with Crippen molar-refractivity contribution in [1.82, 2.24) is 0 Å². The zero-order chi connectivity index (χ0) is 11.5. The molecule has 0 aromatic heterocycles. The van der Waals surface area contributed by atoms with Crippen LogP contribution >= 0.6 is 18.8 Å². The summed E-state index contributed by atoms with van der Waals surface area (Å²) in [5.74, 6) is 0. The van der Waals surface area contributed by atoms with E-state index in [1.165, 1.54) is 25.7 Å². The molecule has 2 rings (SSSR count). The topological polar surface area (TPSA) is 111 Å². The van der Waals surface area contributed by atoms with Crippen LogP contribution in [0.5, 0.6) is 0 Å². The first-order valence-corrected chi connectivity index (χ1v) is 11.1. The standard InChI is InChI=1S/2C5H10N.2ClH.2H2O.Pt/c2*6-5-3-1-2-4-5;;;;;/h2*5-6H,1-4H2;2*1H;2*1H2;/q2*-1;;;;;+4/p-2. The van der Waals surface area contributed by atoms with Crippen LogP contribution in [0.15, 0.2) is 0 Å². The first-order chi connectivity index (χ1) is 7.20. The molecule has 6 N–H and O–H groups in total. The summed E-state index contributed by atoms with van der Waals surface area (Å²) in [6.07, 6.45) is 9.81. The van der Waals surface area contributed by atoms with E-state index in [4.69, 9.17) is 30.3 Å². The average Bonchev–Trinajstić information content (AvgIpc) is 2.81. The third-order valence-electron chi connectivity index (χ3n) is 2.71. The van der Waals surface area contributed by atoms with Gasteiger partial charge in [-0.05, 0) is 0 Å².